The third-order valence-electron chi connectivity index (χ3n) is 5.61. The Hall–Kier alpha value is -2.04. The number of hydrogen-bond acceptors (Lipinski definition) is 3. The van der Waals surface area contributed by atoms with Gasteiger partial charge in [-0.15, -0.1) is 0 Å². The molecule has 0 aliphatic carbocycles. The Morgan fingerprint density at radius 2 is 1.67 bits per heavy atom. The lowest BCUT2D eigenvalue weighted by Gasteiger charge is -2.35. The lowest BCUT2D eigenvalue weighted by Crippen LogP contribution is -2.49. The summed E-state index contributed by atoms with van der Waals surface area (Å²) in [6.45, 7) is 14.8. The van der Waals surface area contributed by atoms with Gasteiger partial charge in [-0.25, -0.2) is 0 Å². The van der Waals surface area contributed by atoms with E-state index in [-0.39, 0.29) is 17.9 Å². The van der Waals surface area contributed by atoms with Crippen molar-refractivity contribution in [2.45, 2.75) is 46.6 Å². The third kappa shape index (κ3) is 5.77. The molecule has 0 saturated carbocycles. The second kappa shape index (κ2) is 9.40. The van der Waals surface area contributed by atoms with E-state index in [0.717, 1.165) is 54.6 Å². The number of ether oxygens (including phenoxy) is 1. The van der Waals surface area contributed by atoms with E-state index in [2.05, 4.69) is 63.8 Å². The van der Waals surface area contributed by atoms with Crippen LogP contribution in [0.25, 0.3) is 0 Å². The molecule has 0 unspecified atom stereocenters. The predicted octanol–water partition coefficient (Wildman–Crippen LogP) is 4.98. The number of halogens is 1. The topological polar surface area (TPSA) is 32.8 Å². The molecule has 1 amide bonds. The van der Waals surface area contributed by atoms with Crippen molar-refractivity contribution in [2.75, 3.05) is 32.8 Å². The van der Waals surface area contributed by atoms with Gasteiger partial charge in [0.15, 0.2) is 6.61 Å². The molecule has 0 N–H and O–H groups in total. The van der Waals surface area contributed by atoms with Crippen LogP contribution in [0, 0.1) is 13.8 Å². The molecule has 1 heterocycles. The number of carbonyl (C=O) groups excluding carboxylic acids is 1. The summed E-state index contributed by atoms with van der Waals surface area (Å²) >= 11 is 5.96. The monoisotopic (exact) mass is 428 g/mol. The number of benzene rings is 2. The summed E-state index contributed by atoms with van der Waals surface area (Å²) in [4.78, 5) is 17.1. The van der Waals surface area contributed by atoms with Gasteiger partial charge < -0.3 is 9.64 Å². The zero-order valence-electron chi connectivity index (χ0n) is 18.8. The molecule has 1 saturated heterocycles. The van der Waals surface area contributed by atoms with Gasteiger partial charge in [-0.1, -0.05) is 62.2 Å². The molecule has 1 fully saturated rings. The first-order valence-electron chi connectivity index (χ1n) is 10.6. The van der Waals surface area contributed by atoms with Crippen molar-refractivity contribution < 1.29 is 9.53 Å². The summed E-state index contributed by atoms with van der Waals surface area (Å²) in [6.07, 6.45) is 0. The average Bonchev–Trinajstić information content (AvgIpc) is 2.68. The number of aryl methyl sites for hydroxylation is 2. The van der Waals surface area contributed by atoms with E-state index in [1.54, 1.807) is 0 Å². The summed E-state index contributed by atoms with van der Waals surface area (Å²) < 4.78 is 6.08. The van der Waals surface area contributed by atoms with Gasteiger partial charge in [-0.05, 0) is 42.5 Å². The highest BCUT2D eigenvalue weighted by molar-refractivity contribution is 6.30. The molecule has 0 spiro atoms. The Kier molecular flexibility index (Phi) is 7.10. The largest absolute Gasteiger partial charge is 0.483 e. The van der Waals surface area contributed by atoms with E-state index in [4.69, 9.17) is 16.3 Å². The fraction of sp³-hybridized carbons (Fsp3) is 0.480. The Balaban J connectivity index is 1.55. The van der Waals surface area contributed by atoms with Crippen molar-refractivity contribution in [3.05, 3.63) is 63.7 Å². The van der Waals surface area contributed by atoms with E-state index in [9.17, 15) is 4.79 Å². The molecule has 5 heteroatoms. The molecular weight excluding hydrogens is 396 g/mol. The normalized spacial score (nSPS) is 15.3. The van der Waals surface area contributed by atoms with E-state index in [1.807, 2.05) is 17.0 Å². The smallest absolute Gasteiger partial charge is 0.260 e. The van der Waals surface area contributed by atoms with Crippen LogP contribution in [0.15, 0.2) is 36.4 Å². The standard InChI is InChI=1S/C25H33ClN2O2/c1-18-14-19(2)24(22(15-18)25(3,4)5)30-17-23(29)28-12-10-27(11-13-28)16-20-6-8-21(26)9-7-20/h6-9,14-15H,10-13,16-17H2,1-5H3. The number of amides is 1. The number of piperazine rings is 1. The van der Waals surface area contributed by atoms with Crippen LogP contribution in [-0.4, -0.2) is 48.5 Å². The Labute approximate surface area is 185 Å². The zero-order chi connectivity index (χ0) is 21.9. The summed E-state index contributed by atoms with van der Waals surface area (Å²) in [5.41, 5.74) is 4.66. The van der Waals surface area contributed by atoms with Crippen molar-refractivity contribution in [3.8, 4) is 5.75 Å². The molecule has 0 radical (unpaired) electrons. The fourth-order valence-electron chi connectivity index (χ4n) is 3.93. The van der Waals surface area contributed by atoms with Crippen LogP contribution < -0.4 is 4.74 Å². The van der Waals surface area contributed by atoms with E-state index in [0.29, 0.717) is 0 Å². The predicted molar refractivity (Wildman–Crippen MR) is 123 cm³/mol. The van der Waals surface area contributed by atoms with E-state index >= 15 is 0 Å². The highest BCUT2D eigenvalue weighted by Crippen LogP contribution is 2.35. The molecule has 2 aromatic rings. The second-order valence-corrected chi connectivity index (χ2v) is 9.72. The van der Waals surface area contributed by atoms with E-state index in [1.165, 1.54) is 11.1 Å². The molecule has 3 rings (SSSR count). The highest BCUT2D eigenvalue weighted by atomic mass is 35.5. The minimum atomic E-state index is -0.0392. The minimum Gasteiger partial charge on any atom is -0.483 e. The molecule has 1 aliphatic rings. The number of rotatable bonds is 5. The van der Waals surface area contributed by atoms with Crippen molar-refractivity contribution in [3.63, 3.8) is 0 Å². The first kappa shape index (κ1) is 22.6. The minimum absolute atomic E-state index is 0.0392. The van der Waals surface area contributed by atoms with Gasteiger partial charge >= 0.3 is 0 Å². The third-order valence-corrected chi connectivity index (χ3v) is 5.86. The summed E-state index contributed by atoms with van der Waals surface area (Å²) in [7, 11) is 0. The number of carbonyl (C=O) groups is 1. The van der Waals surface area contributed by atoms with Crippen LogP contribution in [0.4, 0.5) is 0 Å². The van der Waals surface area contributed by atoms with Gasteiger partial charge in [0.2, 0.25) is 0 Å². The van der Waals surface area contributed by atoms with Gasteiger partial charge in [0.1, 0.15) is 5.75 Å². The first-order chi connectivity index (χ1) is 14.1. The summed E-state index contributed by atoms with van der Waals surface area (Å²) in [6, 6.07) is 12.3. The zero-order valence-corrected chi connectivity index (χ0v) is 19.6. The van der Waals surface area contributed by atoms with Crippen LogP contribution in [0.5, 0.6) is 5.75 Å². The number of hydrogen-bond donors (Lipinski definition) is 0. The maximum Gasteiger partial charge on any atom is 0.260 e. The molecule has 0 bridgehead atoms. The molecule has 30 heavy (non-hydrogen) atoms. The maximum absolute atomic E-state index is 12.8. The highest BCUT2D eigenvalue weighted by Gasteiger charge is 2.24. The molecule has 1 aliphatic heterocycles. The van der Waals surface area contributed by atoms with Gasteiger partial charge in [-0.2, -0.15) is 0 Å². The molecule has 162 valence electrons. The van der Waals surface area contributed by atoms with Gasteiger partial charge in [0, 0.05) is 43.3 Å². The first-order valence-corrected chi connectivity index (χ1v) is 11.0. The SMILES string of the molecule is Cc1cc(C)c(OCC(=O)N2CCN(Cc3ccc(Cl)cc3)CC2)c(C(C)(C)C)c1. The Morgan fingerprint density at radius 1 is 1.03 bits per heavy atom. The van der Waals surface area contributed by atoms with Crippen molar-refractivity contribution >= 4 is 17.5 Å². The number of nitrogens with zero attached hydrogens (tertiary/aromatic N) is 2. The van der Waals surface area contributed by atoms with Crippen molar-refractivity contribution in [1.29, 1.82) is 0 Å². The molecule has 0 atom stereocenters. The quantitative estimate of drug-likeness (QED) is 0.673. The van der Waals surface area contributed by atoms with Gasteiger partial charge in [0.25, 0.3) is 5.91 Å². The maximum atomic E-state index is 12.8. The van der Waals surface area contributed by atoms with Crippen molar-refractivity contribution in [1.82, 2.24) is 9.80 Å². The van der Waals surface area contributed by atoms with Crippen LogP contribution >= 0.6 is 11.6 Å². The van der Waals surface area contributed by atoms with Crippen LogP contribution in [0.1, 0.15) is 43.0 Å². The van der Waals surface area contributed by atoms with Crippen LogP contribution in [-0.2, 0) is 16.8 Å². The lowest BCUT2D eigenvalue weighted by molar-refractivity contribution is -0.135. The Bertz CT molecular complexity index is 879. The summed E-state index contributed by atoms with van der Waals surface area (Å²) in [5, 5.41) is 0.757. The lowest BCUT2D eigenvalue weighted by atomic mass is 9.84. The molecule has 0 aromatic heterocycles. The van der Waals surface area contributed by atoms with Crippen LogP contribution in [0.3, 0.4) is 0 Å². The van der Waals surface area contributed by atoms with Gasteiger partial charge in [-0.3, -0.25) is 9.69 Å². The van der Waals surface area contributed by atoms with Crippen molar-refractivity contribution in [2.24, 2.45) is 0 Å². The molecule has 2 aromatic carbocycles. The Morgan fingerprint density at radius 3 is 2.27 bits per heavy atom. The van der Waals surface area contributed by atoms with E-state index < -0.39 is 0 Å². The molecule has 4 nitrogen and oxygen atoms in total. The second-order valence-electron chi connectivity index (χ2n) is 9.28. The fourth-order valence-corrected chi connectivity index (χ4v) is 4.06. The van der Waals surface area contributed by atoms with Gasteiger partial charge in [0.05, 0.1) is 0 Å². The molecular formula is C25H33ClN2O2. The summed E-state index contributed by atoms with van der Waals surface area (Å²) in [5.74, 6) is 0.906. The van der Waals surface area contributed by atoms with Crippen LogP contribution in [0.2, 0.25) is 5.02 Å². The average molecular weight is 429 g/mol.